The monoisotopic (exact) mass is 299 g/mol. The van der Waals surface area contributed by atoms with Crippen LogP contribution in [0.1, 0.15) is 18.4 Å². The van der Waals surface area contributed by atoms with Crippen molar-refractivity contribution in [2.45, 2.75) is 24.8 Å². The largest absolute Gasteiger partial charge is 0.354 e. The van der Waals surface area contributed by atoms with E-state index in [1.807, 2.05) is 18.2 Å². The highest BCUT2D eigenvalue weighted by Crippen LogP contribution is 2.47. The molecule has 2 aromatic rings. The summed E-state index contributed by atoms with van der Waals surface area (Å²) in [7, 11) is 0. The minimum absolute atomic E-state index is 0.0198. The lowest BCUT2D eigenvalue weighted by Gasteiger charge is -2.16. The second-order valence-electron chi connectivity index (χ2n) is 5.66. The molecule has 1 saturated carbocycles. The molecule has 3 rings (SSSR count). The highest BCUT2D eigenvalue weighted by atomic mass is 16.2. The molecule has 1 amide bonds. The van der Waals surface area contributed by atoms with Crippen LogP contribution < -0.4 is 16.4 Å². The lowest BCUT2D eigenvalue weighted by Crippen LogP contribution is -2.38. The van der Waals surface area contributed by atoms with Gasteiger partial charge in [-0.25, -0.2) is 4.68 Å². The van der Waals surface area contributed by atoms with Crippen LogP contribution in [0.15, 0.2) is 52.1 Å². The summed E-state index contributed by atoms with van der Waals surface area (Å²) in [6.45, 7) is 0.363. The molecule has 0 atom stereocenters. The fourth-order valence-electron chi connectivity index (χ4n) is 2.56. The Morgan fingerprint density at radius 3 is 2.55 bits per heavy atom. The summed E-state index contributed by atoms with van der Waals surface area (Å²) in [4.78, 5) is 34.7. The summed E-state index contributed by atoms with van der Waals surface area (Å²) < 4.78 is 1.01. The Kier molecular flexibility index (Phi) is 3.66. The predicted molar refractivity (Wildman–Crippen MR) is 81.7 cm³/mol. The Bertz CT molecular complexity index is 788. The minimum Gasteiger partial charge on any atom is -0.354 e. The smallest absolute Gasteiger partial charge is 0.265 e. The molecular weight excluding hydrogens is 282 g/mol. The number of nitrogens with one attached hydrogen (secondary N) is 2. The fourth-order valence-corrected chi connectivity index (χ4v) is 2.56. The average molecular weight is 299 g/mol. The maximum Gasteiger partial charge on any atom is 0.265 e. The predicted octanol–water partition coefficient (Wildman–Crippen LogP) is 0.385. The summed E-state index contributed by atoms with van der Waals surface area (Å²) >= 11 is 0. The quantitative estimate of drug-likeness (QED) is 0.837. The molecule has 0 saturated heterocycles. The van der Waals surface area contributed by atoms with E-state index < -0.39 is 11.1 Å². The van der Waals surface area contributed by atoms with Gasteiger partial charge in [0.2, 0.25) is 5.91 Å². The van der Waals surface area contributed by atoms with Crippen molar-refractivity contribution in [3.05, 3.63) is 68.7 Å². The summed E-state index contributed by atoms with van der Waals surface area (Å²) in [5, 5.41) is 5.20. The molecule has 1 aromatic heterocycles. The molecule has 1 heterocycles. The molecule has 0 aliphatic heterocycles. The molecule has 0 unspecified atom stereocenters. The minimum atomic E-state index is -0.407. The number of H-pyrrole nitrogens is 1. The number of nitrogens with zero attached hydrogens (tertiary/aromatic N) is 1. The van der Waals surface area contributed by atoms with Crippen LogP contribution in [0.5, 0.6) is 0 Å². The summed E-state index contributed by atoms with van der Waals surface area (Å²) in [5.74, 6) is -0.286. The van der Waals surface area contributed by atoms with E-state index in [1.54, 1.807) is 0 Å². The molecule has 1 aliphatic carbocycles. The highest BCUT2D eigenvalue weighted by Gasteiger charge is 2.44. The molecule has 22 heavy (non-hydrogen) atoms. The van der Waals surface area contributed by atoms with Crippen LogP contribution in [0, 0.1) is 0 Å². The summed E-state index contributed by atoms with van der Waals surface area (Å²) in [6.07, 6.45) is 2.08. The molecule has 1 fully saturated rings. The molecule has 1 aromatic carbocycles. The van der Waals surface area contributed by atoms with Crippen molar-refractivity contribution in [2.24, 2.45) is 0 Å². The first-order valence-electron chi connectivity index (χ1n) is 7.21. The third-order valence-electron chi connectivity index (χ3n) is 4.05. The van der Waals surface area contributed by atoms with Crippen molar-refractivity contribution in [2.75, 3.05) is 6.54 Å². The van der Waals surface area contributed by atoms with Crippen molar-refractivity contribution in [1.29, 1.82) is 0 Å². The molecule has 0 radical (unpaired) electrons. The van der Waals surface area contributed by atoms with E-state index in [-0.39, 0.29) is 17.9 Å². The zero-order valence-electron chi connectivity index (χ0n) is 12.0. The van der Waals surface area contributed by atoms with Crippen LogP contribution in [0.25, 0.3) is 0 Å². The zero-order valence-corrected chi connectivity index (χ0v) is 12.0. The Labute approximate surface area is 126 Å². The first kappa shape index (κ1) is 14.3. The van der Waals surface area contributed by atoms with Gasteiger partial charge in [-0.1, -0.05) is 30.3 Å². The van der Waals surface area contributed by atoms with Gasteiger partial charge in [0.15, 0.2) is 0 Å². The summed E-state index contributed by atoms with van der Waals surface area (Å²) in [5.41, 5.74) is 0.432. The lowest BCUT2D eigenvalue weighted by atomic mass is 9.96. The Hall–Kier alpha value is -2.63. The molecule has 0 spiro atoms. The number of hydrogen-bond acceptors (Lipinski definition) is 3. The Morgan fingerprint density at radius 1 is 1.14 bits per heavy atom. The fraction of sp³-hybridized carbons (Fsp3) is 0.312. The molecular formula is C16H17N3O3. The van der Waals surface area contributed by atoms with Gasteiger partial charge >= 0.3 is 0 Å². The van der Waals surface area contributed by atoms with Crippen molar-refractivity contribution in [1.82, 2.24) is 15.1 Å². The van der Waals surface area contributed by atoms with Gasteiger partial charge < -0.3 is 5.32 Å². The van der Waals surface area contributed by atoms with Crippen LogP contribution >= 0.6 is 0 Å². The van der Waals surface area contributed by atoms with E-state index in [4.69, 9.17) is 0 Å². The number of benzene rings is 1. The van der Waals surface area contributed by atoms with E-state index in [0.717, 1.165) is 29.7 Å². The number of carbonyl (C=O) groups is 1. The van der Waals surface area contributed by atoms with Crippen molar-refractivity contribution < 1.29 is 4.79 Å². The van der Waals surface area contributed by atoms with Crippen LogP contribution in [0.2, 0.25) is 0 Å². The van der Waals surface area contributed by atoms with Gasteiger partial charge in [-0.15, -0.1) is 0 Å². The van der Waals surface area contributed by atoms with E-state index in [9.17, 15) is 14.4 Å². The molecule has 114 valence electrons. The SMILES string of the molecule is O=C(Cn1[nH]c(=O)ccc1=O)NCC1(c2ccccc2)CC1. The number of hydrogen-bond donors (Lipinski definition) is 2. The van der Waals surface area contributed by atoms with Gasteiger partial charge in [-0.05, 0) is 18.4 Å². The average Bonchev–Trinajstić information content (AvgIpc) is 3.31. The molecule has 0 bridgehead atoms. The normalized spacial score (nSPS) is 15.3. The highest BCUT2D eigenvalue weighted by molar-refractivity contribution is 5.75. The van der Waals surface area contributed by atoms with Crippen molar-refractivity contribution in [3.8, 4) is 0 Å². The van der Waals surface area contributed by atoms with Gasteiger partial charge in [-0.2, -0.15) is 0 Å². The number of rotatable bonds is 5. The summed E-state index contributed by atoms with van der Waals surface area (Å²) in [6, 6.07) is 12.4. The van der Waals surface area contributed by atoms with Crippen LogP contribution in [-0.4, -0.2) is 22.2 Å². The topological polar surface area (TPSA) is 84.0 Å². The van der Waals surface area contributed by atoms with Gasteiger partial charge in [-0.3, -0.25) is 19.5 Å². The van der Waals surface area contributed by atoms with Gasteiger partial charge in [0.1, 0.15) is 6.54 Å². The van der Waals surface area contributed by atoms with E-state index in [0.29, 0.717) is 6.54 Å². The van der Waals surface area contributed by atoms with E-state index >= 15 is 0 Å². The van der Waals surface area contributed by atoms with Crippen molar-refractivity contribution >= 4 is 5.91 Å². The van der Waals surface area contributed by atoms with Gasteiger partial charge in [0.25, 0.3) is 11.1 Å². The van der Waals surface area contributed by atoms with Crippen molar-refractivity contribution in [3.63, 3.8) is 0 Å². The van der Waals surface area contributed by atoms with E-state index in [1.165, 1.54) is 5.56 Å². The number of amides is 1. The standard InChI is InChI=1S/C16H17N3O3/c20-13-6-7-15(22)19(18-13)10-14(21)17-11-16(8-9-16)12-4-2-1-3-5-12/h1-7H,8-11H2,(H,17,21)(H,18,20). The Morgan fingerprint density at radius 2 is 1.86 bits per heavy atom. The zero-order chi connectivity index (χ0) is 15.6. The number of aromatic amines is 1. The van der Waals surface area contributed by atoms with Crippen LogP contribution in [0.4, 0.5) is 0 Å². The van der Waals surface area contributed by atoms with Crippen LogP contribution in [0.3, 0.4) is 0 Å². The lowest BCUT2D eigenvalue weighted by molar-refractivity contribution is -0.122. The maximum absolute atomic E-state index is 12.0. The Balaban J connectivity index is 1.63. The third kappa shape index (κ3) is 3.00. The van der Waals surface area contributed by atoms with Crippen LogP contribution in [-0.2, 0) is 16.8 Å². The molecule has 6 heteroatoms. The second kappa shape index (κ2) is 5.63. The van der Waals surface area contributed by atoms with Gasteiger partial charge in [0, 0.05) is 24.1 Å². The maximum atomic E-state index is 12.0. The first-order valence-corrected chi connectivity index (χ1v) is 7.21. The molecule has 6 nitrogen and oxygen atoms in total. The molecule has 2 N–H and O–H groups in total. The second-order valence-corrected chi connectivity index (χ2v) is 5.66. The molecule has 1 aliphatic rings. The third-order valence-corrected chi connectivity index (χ3v) is 4.05. The number of carbonyl (C=O) groups excluding carboxylic acids is 1. The first-order chi connectivity index (χ1) is 10.6. The van der Waals surface area contributed by atoms with E-state index in [2.05, 4.69) is 22.5 Å². The number of aromatic nitrogens is 2. The van der Waals surface area contributed by atoms with Gasteiger partial charge in [0.05, 0.1) is 0 Å².